The zero-order chi connectivity index (χ0) is 7.56. The molecule has 0 aliphatic heterocycles. The largest absolute Gasteiger partial charge is 0.324 e. The molecule has 10 heavy (non-hydrogen) atoms. The monoisotopic (exact) mass is 139 g/mol. The molecule has 2 N–H and O–H groups in total. The predicted octanol–water partition coefficient (Wildman–Crippen LogP) is 2.08. The van der Waals surface area contributed by atoms with Gasteiger partial charge in [0.25, 0.3) is 0 Å². The Hall–Kier alpha value is -0.300. The standard InChI is InChI=1S/C9H17N/c1-7(2)9(10)6-5-8-3-4-8/h8-9H,1,3-6,10H2,2H3. The number of rotatable bonds is 4. The molecular formula is C9H17N. The van der Waals surface area contributed by atoms with Gasteiger partial charge in [0.15, 0.2) is 0 Å². The number of nitrogens with two attached hydrogens (primary N) is 1. The molecule has 1 unspecified atom stereocenters. The van der Waals surface area contributed by atoms with Crippen molar-refractivity contribution in [3.63, 3.8) is 0 Å². The highest BCUT2D eigenvalue weighted by Gasteiger charge is 2.21. The fraction of sp³-hybridized carbons (Fsp3) is 0.778. The summed E-state index contributed by atoms with van der Waals surface area (Å²) in [5.41, 5.74) is 6.92. The van der Waals surface area contributed by atoms with Crippen molar-refractivity contribution in [2.45, 2.75) is 38.6 Å². The molecular weight excluding hydrogens is 122 g/mol. The Kier molecular flexibility index (Phi) is 2.50. The summed E-state index contributed by atoms with van der Waals surface area (Å²) >= 11 is 0. The van der Waals surface area contributed by atoms with E-state index >= 15 is 0 Å². The second kappa shape index (κ2) is 3.20. The number of hydrogen-bond acceptors (Lipinski definition) is 1. The van der Waals surface area contributed by atoms with E-state index in [-0.39, 0.29) is 6.04 Å². The Labute approximate surface area is 63.3 Å². The van der Waals surface area contributed by atoms with Crippen molar-refractivity contribution in [2.75, 3.05) is 0 Å². The fourth-order valence-electron chi connectivity index (χ4n) is 1.07. The summed E-state index contributed by atoms with van der Waals surface area (Å²) in [7, 11) is 0. The molecule has 1 aliphatic rings. The highest BCUT2D eigenvalue weighted by molar-refractivity contribution is 4.99. The van der Waals surface area contributed by atoms with Crippen LogP contribution >= 0.6 is 0 Å². The van der Waals surface area contributed by atoms with Gasteiger partial charge >= 0.3 is 0 Å². The van der Waals surface area contributed by atoms with Crippen LogP contribution in [-0.4, -0.2) is 6.04 Å². The van der Waals surface area contributed by atoms with E-state index in [1.54, 1.807) is 0 Å². The molecule has 0 aromatic heterocycles. The van der Waals surface area contributed by atoms with E-state index in [0.29, 0.717) is 0 Å². The van der Waals surface area contributed by atoms with E-state index in [0.717, 1.165) is 17.9 Å². The minimum atomic E-state index is 0.251. The first kappa shape index (κ1) is 7.80. The molecule has 0 amide bonds. The summed E-state index contributed by atoms with van der Waals surface area (Å²) in [6, 6.07) is 0.251. The van der Waals surface area contributed by atoms with Gasteiger partial charge in [-0.3, -0.25) is 0 Å². The first-order valence-corrected chi connectivity index (χ1v) is 4.11. The van der Waals surface area contributed by atoms with Gasteiger partial charge in [-0.15, -0.1) is 0 Å². The van der Waals surface area contributed by atoms with Crippen molar-refractivity contribution < 1.29 is 0 Å². The zero-order valence-electron chi connectivity index (χ0n) is 6.77. The van der Waals surface area contributed by atoms with Crippen LogP contribution in [0.25, 0.3) is 0 Å². The zero-order valence-corrected chi connectivity index (χ0v) is 6.77. The summed E-state index contributed by atoms with van der Waals surface area (Å²) in [6.45, 7) is 5.84. The van der Waals surface area contributed by atoms with Crippen LogP contribution in [0.15, 0.2) is 12.2 Å². The molecule has 0 aromatic rings. The van der Waals surface area contributed by atoms with Crippen molar-refractivity contribution in [1.82, 2.24) is 0 Å². The van der Waals surface area contributed by atoms with Crippen LogP contribution in [0.2, 0.25) is 0 Å². The molecule has 0 radical (unpaired) electrons. The Morgan fingerprint density at radius 3 is 2.70 bits per heavy atom. The Bertz CT molecular complexity index is 125. The second-order valence-corrected chi connectivity index (χ2v) is 3.47. The Balaban J connectivity index is 2.05. The van der Waals surface area contributed by atoms with Crippen LogP contribution in [0.4, 0.5) is 0 Å². The summed E-state index contributed by atoms with van der Waals surface area (Å²) in [5, 5.41) is 0. The van der Waals surface area contributed by atoms with Gasteiger partial charge in [0, 0.05) is 6.04 Å². The van der Waals surface area contributed by atoms with Gasteiger partial charge in [0.2, 0.25) is 0 Å². The lowest BCUT2D eigenvalue weighted by molar-refractivity contribution is 0.602. The lowest BCUT2D eigenvalue weighted by Gasteiger charge is -2.09. The summed E-state index contributed by atoms with van der Waals surface area (Å²) in [5.74, 6) is 1.00. The summed E-state index contributed by atoms with van der Waals surface area (Å²) in [4.78, 5) is 0. The predicted molar refractivity (Wildman–Crippen MR) is 44.7 cm³/mol. The Morgan fingerprint density at radius 2 is 2.30 bits per heavy atom. The van der Waals surface area contributed by atoms with Crippen LogP contribution in [0, 0.1) is 5.92 Å². The van der Waals surface area contributed by atoms with Gasteiger partial charge in [-0.05, 0) is 25.7 Å². The lowest BCUT2D eigenvalue weighted by atomic mass is 10.0. The van der Waals surface area contributed by atoms with Crippen molar-refractivity contribution in [3.05, 3.63) is 12.2 Å². The van der Waals surface area contributed by atoms with Crippen molar-refractivity contribution >= 4 is 0 Å². The maximum absolute atomic E-state index is 5.79. The van der Waals surface area contributed by atoms with Crippen LogP contribution in [-0.2, 0) is 0 Å². The lowest BCUT2D eigenvalue weighted by Crippen LogP contribution is -2.20. The third-order valence-corrected chi connectivity index (χ3v) is 2.22. The molecule has 0 spiro atoms. The molecule has 1 aliphatic carbocycles. The van der Waals surface area contributed by atoms with Crippen LogP contribution < -0.4 is 5.73 Å². The minimum absolute atomic E-state index is 0.251. The quantitative estimate of drug-likeness (QED) is 0.593. The molecule has 1 rings (SSSR count). The molecule has 1 heteroatoms. The second-order valence-electron chi connectivity index (χ2n) is 3.47. The van der Waals surface area contributed by atoms with Crippen molar-refractivity contribution in [3.8, 4) is 0 Å². The van der Waals surface area contributed by atoms with Crippen LogP contribution in [0.3, 0.4) is 0 Å². The van der Waals surface area contributed by atoms with Crippen molar-refractivity contribution in [1.29, 1.82) is 0 Å². The molecule has 1 saturated carbocycles. The molecule has 0 bridgehead atoms. The molecule has 1 atom stereocenters. The first-order chi connectivity index (χ1) is 4.70. The van der Waals surface area contributed by atoms with Crippen molar-refractivity contribution in [2.24, 2.45) is 11.7 Å². The van der Waals surface area contributed by atoms with E-state index in [2.05, 4.69) is 6.58 Å². The van der Waals surface area contributed by atoms with E-state index in [9.17, 15) is 0 Å². The highest BCUT2D eigenvalue weighted by atomic mass is 14.6. The molecule has 0 aromatic carbocycles. The van der Waals surface area contributed by atoms with E-state index in [4.69, 9.17) is 5.73 Å². The molecule has 0 heterocycles. The van der Waals surface area contributed by atoms with E-state index in [1.165, 1.54) is 19.3 Å². The molecule has 0 saturated heterocycles. The average molecular weight is 139 g/mol. The van der Waals surface area contributed by atoms with E-state index in [1.807, 2.05) is 6.92 Å². The fourth-order valence-corrected chi connectivity index (χ4v) is 1.07. The molecule has 58 valence electrons. The smallest absolute Gasteiger partial charge is 0.0248 e. The molecule has 1 fully saturated rings. The normalized spacial score (nSPS) is 20.6. The third-order valence-electron chi connectivity index (χ3n) is 2.22. The van der Waals surface area contributed by atoms with Gasteiger partial charge in [-0.2, -0.15) is 0 Å². The van der Waals surface area contributed by atoms with E-state index < -0.39 is 0 Å². The van der Waals surface area contributed by atoms with Gasteiger partial charge in [0.05, 0.1) is 0 Å². The topological polar surface area (TPSA) is 26.0 Å². The van der Waals surface area contributed by atoms with Gasteiger partial charge in [-0.25, -0.2) is 0 Å². The van der Waals surface area contributed by atoms with Crippen LogP contribution in [0.1, 0.15) is 32.6 Å². The summed E-state index contributed by atoms with van der Waals surface area (Å²) in [6.07, 6.45) is 5.32. The van der Waals surface area contributed by atoms with Gasteiger partial charge in [0.1, 0.15) is 0 Å². The maximum Gasteiger partial charge on any atom is 0.0248 e. The maximum atomic E-state index is 5.79. The highest BCUT2D eigenvalue weighted by Crippen LogP contribution is 2.33. The first-order valence-electron chi connectivity index (χ1n) is 4.11. The third kappa shape index (κ3) is 2.53. The van der Waals surface area contributed by atoms with Gasteiger partial charge in [-0.1, -0.05) is 25.0 Å². The number of hydrogen-bond donors (Lipinski definition) is 1. The van der Waals surface area contributed by atoms with Gasteiger partial charge < -0.3 is 5.73 Å². The average Bonchev–Trinajstić information content (AvgIpc) is 2.64. The Morgan fingerprint density at radius 1 is 1.70 bits per heavy atom. The minimum Gasteiger partial charge on any atom is -0.324 e. The molecule has 1 nitrogen and oxygen atoms in total. The SMILES string of the molecule is C=C(C)C(N)CCC1CC1. The summed E-state index contributed by atoms with van der Waals surface area (Å²) < 4.78 is 0. The van der Waals surface area contributed by atoms with Crippen LogP contribution in [0.5, 0.6) is 0 Å².